The number of piperazine rings is 1. The number of hydrogen-bond donors (Lipinski definition) is 0. The highest BCUT2D eigenvalue weighted by molar-refractivity contribution is 5.91. The van der Waals surface area contributed by atoms with Crippen molar-refractivity contribution < 1.29 is 4.79 Å². The Morgan fingerprint density at radius 2 is 2.00 bits per heavy atom. The highest BCUT2D eigenvalue weighted by Crippen LogP contribution is 2.00. The molecule has 1 aliphatic rings. The zero-order valence-electron chi connectivity index (χ0n) is 7.29. The summed E-state index contributed by atoms with van der Waals surface area (Å²) >= 11 is 0. The molecule has 0 aromatic carbocycles. The van der Waals surface area contributed by atoms with Crippen molar-refractivity contribution in [2.75, 3.05) is 32.7 Å². The molecule has 12 heavy (non-hydrogen) atoms. The monoisotopic (exact) mass is 167 g/mol. The number of nitrogens with zero attached hydrogens (tertiary/aromatic N) is 3. The summed E-state index contributed by atoms with van der Waals surface area (Å²) in [5.74, 6) is -0.397. The standard InChI is InChI=1S/C8H13N3O/c1-2-10-3-5-11(6-4-10)8(12)7-9/h2-6H2,1H3. The zero-order chi connectivity index (χ0) is 8.97. The van der Waals surface area contributed by atoms with E-state index in [4.69, 9.17) is 5.26 Å². The van der Waals surface area contributed by atoms with Crippen LogP contribution >= 0.6 is 0 Å². The van der Waals surface area contributed by atoms with E-state index in [0.29, 0.717) is 13.1 Å². The normalized spacial score (nSPS) is 18.8. The fourth-order valence-corrected chi connectivity index (χ4v) is 1.34. The first kappa shape index (κ1) is 9.01. The highest BCUT2D eigenvalue weighted by Gasteiger charge is 2.18. The molecule has 0 unspecified atom stereocenters. The van der Waals surface area contributed by atoms with Crippen molar-refractivity contribution in [1.29, 1.82) is 5.26 Å². The van der Waals surface area contributed by atoms with Crippen molar-refractivity contribution in [2.24, 2.45) is 0 Å². The molecule has 1 rings (SSSR count). The summed E-state index contributed by atoms with van der Waals surface area (Å²) < 4.78 is 0. The third-order valence-electron chi connectivity index (χ3n) is 2.20. The Hall–Kier alpha value is -1.08. The average molecular weight is 167 g/mol. The fourth-order valence-electron chi connectivity index (χ4n) is 1.34. The number of hydrogen-bond acceptors (Lipinski definition) is 3. The maximum atomic E-state index is 10.9. The second-order valence-electron chi connectivity index (χ2n) is 2.84. The van der Waals surface area contributed by atoms with E-state index in [-0.39, 0.29) is 0 Å². The van der Waals surface area contributed by atoms with Crippen LogP contribution in [0.2, 0.25) is 0 Å². The summed E-state index contributed by atoms with van der Waals surface area (Å²) in [4.78, 5) is 14.8. The number of amides is 1. The molecule has 0 bridgehead atoms. The lowest BCUT2D eigenvalue weighted by Crippen LogP contribution is -2.48. The molecule has 0 N–H and O–H groups in total. The number of carbonyl (C=O) groups excluding carboxylic acids is 1. The minimum Gasteiger partial charge on any atom is -0.328 e. The first-order chi connectivity index (χ1) is 5.77. The lowest BCUT2D eigenvalue weighted by Gasteiger charge is -2.32. The topological polar surface area (TPSA) is 47.3 Å². The van der Waals surface area contributed by atoms with Crippen molar-refractivity contribution in [1.82, 2.24) is 9.80 Å². The maximum Gasteiger partial charge on any atom is 0.325 e. The van der Waals surface area contributed by atoms with E-state index < -0.39 is 5.91 Å². The third kappa shape index (κ3) is 1.95. The third-order valence-corrected chi connectivity index (χ3v) is 2.20. The molecule has 1 heterocycles. The smallest absolute Gasteiger partial charge is 0.325 e. The van der Waals surface area contributed by atoms with E-state index in [1.165, 1.54) is 0 Å². The molecule has 0 spiro atoms. The quantitative estimate of drug-likeness (QED) is 0.503. The Bertz CT molecular complexity index is 201. The van der Waals surface area contributed by atoms with E-state index in [1.54, 1.807) is 11.0 Å². The molecular formula is C8H13N3O. The van der Waals surface area contributed by atoms with Crippen LogP contribution in [-0.2, 0) is 4.79 Å². The van der Waals surface area contributed by atoms with E-state index in [2.05, 4.69) is 11.8 Å². The molecule has 0 aliphatic carbocycles. The van der Waals surface area contributed by atoms with Crippen molar-refractivity contribution >= 4 is 5.91 Å². The van der Waals surface area contributed by atoms with Gasteiger partial charge in [-0.05, 0) is 6.54 Å². The summed E-state index contributed by atoms with van der Waals surface area (Å²) in [5.41, 5.74) is 0. The molecule has 0 atom stereocenters. The molecular weight excluding hydrogens is 154 g/mol. The van der Waals surface area contributed by atoms with Crippen molar-refractivity contribution in [2.45, 2.75) is 6.92 Å². The van der Waals surface area contributed by atoms with Gasteiger partial charge in [0.15, 0.2) is 6.07 Å². The van der Waals surface area contributed by atoms with Gasteiger partial charge < -0.3 is 9.80 Å². The van der Waals surface area contributed by atoms with Crippen molar-refractivity contribution in [3.05, 3.63) is 0 Å². The van der Waals surface area contributed by atoms with Crippen LogP contribution in [0.5, 0.6) is 0 Å². The highest BCUT2D eigenvalue weighted by atomic mass is 16.2. The molecule has 0 aromatic rings. The molecule has 4 nitrogen and oxygen atoms in total. The van der Waals surface area contributed by atoms with Crippen LogP contribution in [0.25, 0.3) is 0 Å². The summed E-state index contributed by atoms with van der Waals surface area (Å²) in [6.07, 6.45) is 0. The molecule has 0 saturated carbocycles. The minimum atomic E-state index is -0.397. The predicted octanol–water partition coefficient (Wildman–Crippen LogP) is -0.326. The van der Waals surface area contributed by atoms with Crippen LogP contribution in [0.3, 0.4) is 0 Å². The number of rotatable bonds is 1. The van der Waals surface area contributed by atoms with Gasteiger partial charge in [-0.15, -0.1) is 0 Å². The van der Waals surface area contributed by atoms with Crippen molar-refractivity contribution in [3.8, 4) is 6.07 Å². The molecule has 1 saturated heterocycles. The molecule has 4 heteroatoms. The lowest BCUT2D eigenvalue weighted by molar-refractivity contribution is -0.126. The Labute approximate surface area is 72.4 Å². The first-order valence-corrected chi connectivity index (χ1v) is 4.19. The van der Waals surface area contributed by atoms with Gasteiger partial charge >= 0.3 is 5.91 Å². The van der Waals surface area contributed by atoms with Gasteiger partial charge in [0.25, 0.3) is 0 Å². The van der Waals surface area contributed by atoms with Crippen LogP contribution in [-0.4, -0.2) is 48.4 Å². The maximum absolute atomic E-state index is 10.9. The molecule has 1 amide bonds. The van der Waals surface area contributed by atoms with Gasteiger partial charge in [0.2, 0.25) is 0 Å². The molecule has 66 valence electrons. The van der Waals surface area contributed by atoms with Crippen LogP contribution in [0.15, 0.2) is 0 Å². The van der Waals surface area contributed by atoms with Gasteiger partial charge in [-0.1, -0.05) is 6.92 Å². The van der Waals surface area contributed by atoms with E-state index in [1.807, 2.05) is 0 Å². The van der Waals surface area contributed by atoms with Gasteiger partial charge in [0.1, 0.15) is 0 Å². The van der Waals surface area contributed by atoms with Crippen LogP contribution in [0.1, 0.15) is 6.92 Å². The van der Waals surface area contributed by atoms with E-state index >= 15 is 0 Å². The Kier molecular flexibility index (Phi) is 3.06. The lowest BCUT2D eigenvalue weighted by atomic mass is 10.3. The summed E-state index contributed by atoms with van der Waals surface area (Å²) in [6, 6.07) is 1.64. The number of likely N-dealkylation sites (N-methyl/N-ethyl adjacent to an activating group) is 1. The molecule has 1 aliphatic heterocycles. The SMILES string of the molecule is CCN1CCN(C(=O)C#N)CC1. The van der Waals surface area contributed by atoms with Crippen LogP contribution in [0.4, 0.5) is 0 Å². The van der Waals surface area contributed by atoms with E-state index in [0.717, 1.165) is 19.6 Å². The van der Waals surface area contributed by atoms with Crippen LogP contribution < -0.4 is 0 Å². The van der Waals surface area contributed by atoms with Gasteiger partial charge in [-0.2, -0.15) is 5.26 Å². The summed E-state index contributed by atoms with van der Waals surface area (Å²) in [6.45, 7) is 6.30. The molecule has 1 fully saturated rings. The van der Waals surface area contributed by atoms with E-state index in [9.17, 15) is 4.79 Å². The van der Waals surface area contributed by atoms with Gasteiger partial charge in [0, 0.05) is 26.2 Å². The number of nitriles is 1. The largest absolute Gasteiger partial charge is 0.328 e. The average Bonchev–Trinajstić information content (AvgIpc) is 2.17. The predicted molar refractivity (Wildman–Crippen MR) is 44.3 cm³/mol. The van der Waals surface area contributed by atoms with Crippen LogP contribution in [0, 0.1) is 11.3 Å². The molecule has 0 radical (unpaired) electrons. The number of carbonyl (C=O) groups is 1. The Morgan fingerprint density at radius 1 is 1.42 bits per heavy atom. The minimum absolute atomic E-state index is 0.397. The van der Waals surface area contributed by atoms with Crippen molar-refractivity contribution in [3.63, 3.8) is 0 Å². The molecule has 0 aromatic heterocycles. The fraction of sp³-hybridized carbons (Fsp3) is 0.750. The first-order valence-electron chi connectivity index (χ1n) is 4.19. The van der Waals surface area contributed by atoms with Gasteiger partial charge in [-0.25, -0.2) is 0 Å². The zero-order valence-corrected chi connectivity index (χ0v) is 7.29. The Balaban J connectivity index is 2.37. The summed E-state index contributed by atoms with van der Waals surface area (Å²) in [7, 11) is 0. The van der Waals surface area contributed by atoms with Gasteiger partial charge in [0.05, 0.1) is 0 Å². The Morgan fingerprint density at radius 3 is 2.42 bits per heavy atom. The summed E-state index contributed by atoms with van der Waals surface area (Å²) in [5, 5.41) is 8.36. The van der Waals surface area contributed by atoms with Gasteiger partial charge in [-0.3, -0.25) is 4.79 Å². The second-order valence-corrected chi connectivity index (χ2v) is 2.84. The second kappa shape index (κ2) is 4.07.